The van der Waals surface area contributed by atoms with Crippen molar-refractivity contribution in [3.8, 4) is 0 Å². The topological polar surface area (TPSA) is 26.0 Å². The number of nitrogens with two attached hydrogens (primary N) is 1. The summed E-state index contributed by atoms with van der Waals surface area (Å²) in [6.07, 6.45) is 4.58. The van der Waals surface area contributed by atoms with Gasteiger partial charge in [-0.05, 0) is 43.0 Å². The van der Waals surface area contributed by atoms with E-state index < -0.39 is 0 Å². The molecule has 0 amide bonds. The lowest BCUT2D eigenvalue weighted by Crippen LogP contribution is -2.32. The molecule has 0 unspecified atom stereocenters. The molecular formula is C13H17ClFN. The first-order valence-electron chi connectivity index (χ1n) is 5.75. The lowest BCUT2D eigenvalue weighted by molar-refractivity contribution is 0.449. The molecule has 1 saturated carbocycles. The Morgan fingerprint density at radius 2 is 2.00 bits per heavy atom. The maximum Gasteiger partial charge on any atom is 0.142 e. The van der Waals surface area contributed by atoms with Crippen LogP contribution in [-0.4, -0.2) is 6.54 Å². The van der Waals surface area contributed by atoms with Crippen molar-refractivity contribution in [1.82, 2.24) is 0 Å². The van der Waals surface area contributed by atoms with E-state index in [0.717, 1.165) is 24.0 Å². The predicted octanol–water partition coefficient (Wildman–Crippen LogP) is 3.56. The van der Waals surface area contributed by atoms with Gasteiger partial charge in [0.2, 0.25) is 0 Å². The molecule has 1 aliphatic carbocycles. The van der Waals surface area contributed by atoms with Gasteiger partial charge in [-0.2, -0.15) is 0 Å². The molecule has 0 radical (unpaired) electrons. The number of aryl methyl sites for hydroxylation is 1. The third-order valence-corrected chi connectivity index (χ3v) is 4.08. The third-order valence-electron chi connectivity index (χ3n) is 3.79. The van der Waals surface area contributed by atoms with Crippen LogP contribution >= 0.6 is 11.6 Å². The molecule has 0 bridgehead atoms. The fourth-order valence-electron chi connectivity index (χ4n) is 2.85. The Bertz CT molecular complexity index is 397. The van der Waals surface area contributed by atoms with Crippen LogP contribution < -0.4 is 5.73 Å². The molecule has 0 heterocycles. The maximum atomic E-state index is 13.3. The predicted molar refractivity (Wildman–Crippen MR) is 65.3 cm³/mol. The van der Waals surface area contributed by atoms with Gasteiger partial charge < -0.3 is 5.73 Å². The molecule has 2 N–H and O–H groups in total. The van der Waals surface area contributed by atoms with Gasteiger partial charge in [-0.3, -0.25) is 0 Å². The molecule has 0 aromatic heterocycles. The minimum Gasteiger partial charge on any atom is -0.330 e. The molecule has 16 heavy (non-hydrogen) atoms. The molecule has 1 aromatic carbocycles. The van der Waals surface area contributed by atoms with Crippen molar-refractivity contribution in [2.45, 2.75) is 38.0 Å². The van der Waals surface area contributed by atoms with Crippen molar-refractivity contribution in [2.24, 2.45) is 5.73 Å². The first kappa shape index (κ1) is 11.9. The summed E-state index contributed by atoms with van der Waals surface area (Å²) in [4.78, 5) is 0. The molecule has 0 saturated heterocycles. The van der Waals surface area contributed by atoms with Gasteiger partial charge in [0.25, 0.3) is 0 Å². The summed E-state index contributed by atoms with van der Waals surface area (Å²) >= 11 is 5.87. The van der Waals surface area contributed by atoms with Gasteiger partial charge in [-0.1, -0.05) is 24.4 Å². The molecular weight excluding hydrogens is 225 g/mol. The molecule has 3 heteroatoms. The van der Waals surface area contributed by atoms with Crippen LogP contribution in [0.3, 0.4) is 0 Å². The van der Waals surface area contributed by atoms with Crippen LogP contribution in [0.2, 0.25) is 5.02 Å². The number of halogens is 2. The van der Waals surface area contributed by atoms with Gasteiger partial charge in [0.1, 0.15) is 5.82 Å². The average Bonchev–Trinajstić information content (AvgIpc) is 2.73. The van der Waals surface area contributed by atoms with Crippen molar-refractivity contribution in [3.05, 3.63) is 34.1 Å². The second-order valence-electron chi connectivity index (χ2n) is 4.77. The van der Waals surface area contributed by atoms with E-state index in [1.807, 2.05) is 6.92 Å². The van der Waals surface area contributed by atoms with Gasteiger partial charge in [-0.15, -0.1) is 0 Å². The first-order chi connectivity index (χ1) is 7.59. The molecule has 2 rings (SSSR count). The molecule has 1 aromatic rings. The van der Waals surface area contributed by atoms with Crippen LogP contribution in [0.25, 0.3) is 0 Å². The van der Waals surface area contributed by atoms with Crippen LogP contribution in [0, 0.1) is 12.7 Å². The Labute approximate surface area is 101 Å². The number of benzene rings is 1. The number of rotatable bonds is 2. The van der Waals surface area contributed by atoms with Crippen LogP contribution in [0.1, 0.15) is 36.8 Å². The van der Waals surface area contributed by atoms with Crippen molar-refractivity contribution < 1.29 is 4.39 Å². The standard InChI is InChI=1S/C13H17ClFN/c1-9-6-12(15)11(14)7-10(9)13(8-16)4-2-3-5-13/h6-7H,2-5,8,16H2,1H3. The van der Waals surface area contributed by atoms with E-state index in [1.165, 1.54) is 18.9 Å². The first-order valence-corrected chi connectivity index (χ1v) is 6.13. The summed E-state index contributed by atoms with van der Waals surface area (Å²) < 4.78 is 13.3. The minimum atomic E-state index is -0.340. The fraction of sp³-hybridized carbons (Fsp3) is 0.538. The lowest BCUT2D eigenvalue weighted by Gasteiger charge is -2.29. The summed E-state index contributed by atoms with van der Waals surface area (Å²) in [5.74, 6) is -0.340. The largest absolute Gasteiger partial charge is 0.330 e. The van der Waals surface area contributed by atoms with Crippen molar-refractivity contribution >= 4 is 11.6 Å². The van der Waals surface area contributed by atoms with E-state index in [4.69, 9.17) is 17.3 Å². The smallest absolute Gasteiger partial charge is 0.142 e. The number of hydrogen-bond acceptors (Lipinski definition) is 1. The normalized spacial score (nSPS) is 19.0. The quantitative estimate of drug-likeness (QED) is 0.842. The van der Waals surface area contributed by atoms with Crippen molar-refractivity contribution in [2.75, 3.05) is 6.54 Å². The Balaban J connectivity index is 2.50. The fourth-order valence-corrected chi connectivity index (χ4v) is 3.02. The highest BCUT2D eigenvalue weighted by Gasteiger charge is 2.35. The van der Waals surface area contributed by atoms with Gasteiger partial charge in [0.05, 0.1) is 5.02 Å². The van der Waals surface area contributed by atoms with E-state index >= 15 is 0 Å². The summed E-state index contributed by atoms with van der Waals surface area (Å²) in [6.45, 7) is 2.56. The van der Waals surface area contributed by atoms with Crippen LogP contribution in [-0.2, 0) is 5.41 Å². The van der Waals surface area contributed by atoms with Gasteiger partial charge in [-0.25, -0.2) is 4.39 Å². The van der Waals surface area contributed by atoms with Crippen LogP contribution in [0.5, 0.6) is 0 Å². The lowest BCUT2D eigenvalue weighted by atomic mass is 9.77. The van der Waals surface area contributed by atoms with Crippen molar-refractivity contribution in [1.29, 1.82) is 0 Å². The van der Waals surface area contributed by atoms with E-state index in [1.54, 1.807) is 6.07 Å². The molecule has 88 valence electrons. The van der Waals surface area contributed by atoms with Gasteiger partial charge >= 0.3 is 0 Å². The molecule has 1 fully saturated rings. The Morgan fingerprint density at radius 1 is 1.38 bits per heavy atom. The second kappa shape index (κ2) is 4.34. The van der Waals surface area contributed by atoms with Crippen LogP contribution in [0.4, 0.5) is 4.39 Å². The molecule has 1 aliphatic rings. The van der Waals surface area contributed by atoms with Crippen LogP contribution in [0.15, 0.2) is 12.1 Å². The Morgan fingerprint density at radius 3 is 2.56 bits per heavy atom. The van der Waals surface area contributed by atoms with E-state index in [0.29, 0.717) is 6.54 Å². The zero-order valence-corrected chi connectivity index (χ0v) is 10.3. The summed E-state index contributed by atoms with van der Waals surface area (Å²) in [5.41, 5.74) is 8.05. The molecule has 1 nitrogen and oxygen atoms in total. The minimum absolute atomic E-state index is 0.0292. The van der Waals surface area contributed by atoms with Gasteiger partial charge in [0, 0.05) is 12.0 Å². The Hall–Kier alpha value is -0.600. The second-order valence-corrected chi connectivity index (χ2v) is 5.18. The molecule has 0 aliphatic heterocycles. The highest BCUT2D eigenvalue weighted by atomic mass is 35.5. The molecule has 0 spiro atoms. The number of hydrogen-bond donors (Lipinski definition) is 1. The van der Waals surface area contributed by atoms with E-state index in [9.17, 15) is 4.39 Å². The Kier molecular flexibility index (Phi) is 3.22. The zero-order chi connectivity index (χ0) is 11.8. The van der Waals surface area contributed by atoms with E-state index in [-0.39, 0.29) is 16.3 Å². The summed E-state index contributed by atoms with van der Waals surface area (Å²) in [5, 5.41) is 0.209. The highest BCUT2D eigenvalue weighted by molar-refractivity contribution is 6.30. The zero-order valence-electron chi connectivity index (χ0n) is 9.52. The SMILES string of the molecule is Cc1cc(F)c(Cl)cc1C1(CN)CCCC1. The summed E-state index contributed by atoms with van der Waals surface area (Å²) in [7, 11) is 0. The summed E-state index contributed by atoms with van der Waals surface area (Å²) in [6, 6.07) is 3.29. The van der Waals surface area contributed by atoms with E-state index in [2.05, 4.69) is 0 Å². The van der Waals surface area contributed by atoms with Gasteiger partial charge in [0.15, 0.2) is 0 Å². The third kappa shape index (κ3) is 1.85. The molecule has 0 atom stereocenters. The maximum absolute atomic E-state index is 13.3. The average molecular weight is 242 g/mol. The monoisotopic (exact) mass is 241 g/mol. The van der Waals surface area contributed by atoms with Crippen molar-refractivity contribution in [3.63, 3.8) is 0 Å². The highest BCUT2D eigenvalue weighted by Crippen LogP contribution is 2.42.